The van der Waals surface area contributed by atoms with Crippen LogP contribution in [0.25, 0.3) is 0 Å². The number of esters is 1. The summed E-state index contributed by atoms with van der Waals surface area (Å²) in [7, 11) is 1.49. The average Bonchev–Trinajstić information content (AvgIpc) is 2.69. The molecule has 0 aliphatic rings. The number of aliphatic carboxylic acids is 1. The van der Waals surface area contributed by atoms with Crippen LogP contribution in [0.3, 0.4) is 0 Å². The number of nitrogens with two attached hydrogens (primary N) is 2. The molecule has 0 spiro atoms. The second-order valence-electron chi connectivity index (χ2n) is 6.77. The molecule has 0 saturated carbocycles. The first kappa shape index (κ1) is 24.9. The number of likely N-dealkylation sites (N-methyl/N-ethyl adjacent to an activating group) is 1. The third-order valence-corrected chi connectivity index (χ3v) is 4.11. The first-order chi connectivity index (χ1) is 14.2. The van der Waals surface area contributed by atoms with Gasteiger partial charge >= 0.3 is 18.0 Å². The summed E-state index contributed by atoms with van der Waals surface area (Å²) < 4.78 is 10.2. The highest BCUT2D eigenvalue weighted by Gasteiger charge is 2.14. The molecule has 1 rings (SSSR count). The molecular formula is C20H30N4O6. The maximum atomic E-state index is 12.0. The molecule has 0 aromatic heterocycles. The van der Waals surface area contributed by atoms with E-state index >= 15 is 0 Å². The molecule has 0 radical (unpaired) electrons. The molecule has 30 heavy (non-hydrogen) atoms. The third-order valence-electron chi connectivity index (χ3n) is 4.11. The molecule has 1 amide bonds. The zero-order chi connectivity index (χ0) is 22.5. The van der Waals surface area contributed by atoms with E-state index < -0.39 is 24.1 Å². The number of aliphatic imine (C=N–C) groups is 1. The van der Waals surface area contributed by atoms with Gasteiger partial charge in [0.05, 0.1) is 6.61 Å². The van der Waals surface area contributed by atoms with E-state index in [1.165, 1.54) is 24.1 Å². The number of carbonyl (C=O) groups is 3. The quantitative estimate of drug-likeness (QED) is 0.158. The van der Waals surface area contributed by atoms with Crippen LogP contribution in [0.5, 0.6) is 5.75 Å². The van der Waals surface area contributed by atoms with Crippen LogP contribution in [-0.2, 0) is 20.7 Å². The van der Waals surface area contributed by atoms with Gasteiger partial charge in [0.15, 0.2) is 0 Å². The van der Waals surface area contributed by atoms with Gasteiger partial charge < -0.3 is 30.9 Å². The van der Waals surface area contributed by atoms with Gasteiger partial charge in [-0.25, -0.2) is 9.59 Å². The van der Waals surface area contributed by atoms with Gasteiger partial charge in [0.1, 0.15) is 18.3 Å². The van der Waals surface area contributed by atoms with Crippen molar-refractivity contribution in [2.24, 2.45) is 16.5 Å². The van der Waals surface area contributed by atoms with Crippen molar-refractivity contribution in [2.45, 2.75) is 45.1 Å². The van der Waals surface area contributed by atoms with E-state index in [2.05, 4.69) is 11.9 Å². The lowest BCUT2D eigenvalue weighted by molar-refractivity contribution is -0.138. The molecule has 1 unspecified atom stereocenters. The van der Waals surface area contributed by atoms with Gasteiger partial charge in [-0.2, -0.15) is 0 Å². The summed E-state index contributed by atoms with van der Waals surface area (Å²) in [5.74, 6) is -1.58. The number of nitrogens with zero attached hydrogens (tertiary/aromatic N) is 2. The van der Waals surface area contributed by atoms with Crippen LogP contribution in [0.15, 0.2) is 29.3 Å². The Morgan fingerprint density at radius 3 is 2.43 bits per heavy atom. The number of carbonyl (C=O) groups excluding carboxylic acids is 2. The lowest BCUT2D eigenvalue weighted by atomic mass is 10.1. The van der Waals surface area contributed by atoms with Gasteiger partial charge in [-0.05, 0) is 30.5 Å². The molecule has 5 N–H and O–H groups in total. The SMILES string of the molecule is CCCCCCOC(=O)/N=C(\N)N(C)CC(=O)Oc1ccc(CC(N)C(=O)O)cc1. The summed E-state index contributed by atoms with van der Waals surface area (Å²) >= 11 is 0. The topological polar surface area (TPSA) is 158 Å². The van der Waals surface area contributed by atoms with Crippen molar-refractivity contribution >= 4 is 24.0 Å². The fourth-order valence-corrected chi connectivity index (χ4v) is 2.37. The summed E-state index contributed by atoms with van der Waals surface area (Å²) in [6, 6.07) is 5.32. The minimum atomic E-state index is -1.09. The second kappa shape index (κ2) is 13.2. The number of unbranched alkanes of at least 4 members (excludes halogenated alkanes) is 3. The summed E-state index contributed by atoms with van der Waals surface area (Å²) in [5, 5.41) is 8.83. The molecule has 10 nitrogen and oxygen atoms in total. The zero-order valence-electron chi connectivity index (χ0n) is 17.4. The van der Waals surface area contributed by atoms with E-state index in [-0.39, 0.29) is 31.3 Å². The fourth-order valence-electron chi connectivity index (χ4n) is 2.37. The predicted octanol–water partition coefficient (Wildman–Crippen LogP) is 1.51. The molecule has 0 aliphatic heterocycles. The van der Waals surface area contributed by atoms with Crippen LogP contribution < -0.4 is 16.2 Å². The van der Waals surface area contributed by atoms with E-state index in [9.17, 15) is 14.4 Å². The summed E-state index contributed by atoms with van der Waals surface area (Å²) in [6.07, 6.45) is 3.25. The number of amides is 1. The summed E-state index contributed by atoms with van der Waals surface area (Å²) in [4.78, 5) is 39.3. The highest BCUT2D eigenvalue weighted by Crippen LogP contribution is 2.13. The standard InChI is InChI=1S/C20H30N4O6/c1-3-4-5-6-11-29-20(28)23-19(22)24(2)13-17(25)30-15-9-7-14(8-10-15)12-16(21)18(26)27/h7-10,16H,3-6,11-13,21H2,1-2H3,(H,26,27)(H2,22,23,28). The maximum Gasteiger partial charge on any atom is 0.436 e. The van der Waals surface area contributed by atoms with E-state index in [0.29, 0.717) is 5.56 Å². The Hall–Kier alpha value is -3.14. The number of ether oxygens (including phenoxy) is 2. The second-order valence-corrected chi connectivity index (χ2v) is 6.77. The average molecular weight is 422 g/mol. The molecule has 0 aliphatic carbocycles. The van der Waals surface area contributed by atoms with E-state index in [1.807, 2.05) is 0 Å². The van der Waals surface area contributed by atoms with Crippen molar-refractivity contribution < 1.29 is 29.0 Å². The summed E-state index contributed by atoms with van der Waals surface area (Å²) in [5.41, 5.74) is 11.9. The Morgan fingerprint density at radius 2 is 1.83 bits per heavy atom. The van der Waals surface area contributed by atoms with Crippen molar-refractivity contribution in [1.82, 2.24) is 4.90 Å². The molecule has 0 fully saturated rings. The van der Waals surface area contributed by atoms with Crippen LogP contribution >= 0.6 is 0 Å². The van der Waals surface area contributed by atoms with Gasteiger partial charge in [0.2, 0.25) is 5.96 Å². The number of rotatable bonds is 11. The molecule has 1 aromatic rings. The Labute approximate surface area is 175 Å². The predicted molar refractivity (Wildman–Crippen MR) is 111 cm³/mol. The van der Waals surface area contributed by atoms with Crippen LogP contribution in [0, 0.1) is 0 Å². The Balaban J connectivity index is 2.45. The van der Waals surface area contributed by atoms with E-state index in [0.717, 1.165) is 25.7 Å². The Bertz CT molecular complexity index is 735. The Morgan fingerprint density at radius 1 is 1.17 bits per heavy atom. The molecule has 0 heterocycles. The lowest BCUT2D eigenvalue weighted by Crippen LogP contribution is -2.39. The minimum Gasteiger partial charge on any atom is -0.480 e. The van der Waals surface area contributed by atoms with Crippen LogP contribution in [0.1, 0.15) is 38.2 Å². The van der Waals surface area contributed by atoms with Crippen molar-refractivity contribution in [3.8, 4) is 5.75 Å². The number of carboxylic acid groups (broad SMARTS) is 1. The smallest absolute Gasteiger partial charge is 0.436 e. The van der Waals surface area contributed by atoms with Crippen molar-refractivity contribution in [1.29, 1.82) is 0 Å². The van der Waals surface area contributed by atoms with Gasteiger partial charge in [-0.15, -0.1) is 4.99 Å². The monoisotopic (exact) mass is 422 g/mol. The minimum absolute atomic E-state index is 0.161. The normalized spacial score (nSPS) is 12.2. The largest absolute Gasteiger partial charge is 0.480 e. The summed E-state index contributed by atoms with van der Waals surface area (Å²) in [6.45, 7) is 2.13. The van der Waals surface area contributed by atoms with Crippen LogP contribution in [-0.4, -0.2) is 60.2 Å². The highest BCUT2D eigenvalue weighted by molar-refractivity contribution is 5.91. The lowest BCUT2D eigenvalue weighted by Gasteiger charge is -2.16. The van der Waals surface area contributed by atoms with E-state index in [4.69, 9.17) is 26.0 Å². The number of hydrogen-bond donors (Lipinski definition) is 3. The van der Waals surface area contributed by atoms with Crippen molar-refractivity contribution in [2.75, 3.05) is 20.2 Å². The van der Waals surface area contributed by atoms with Gasteiger partial charge in [0, 0.05) is 7.05 Å². The highest BCUT2D eigenvalue weighted by atomic mass is 16.5. The number of benzene rings is 1. The van der Waals surface area contributed by atoms with E-state index in [1.54, 1.807) is 12.1 Å². The van der Waals surface area contributed by atoms with Crippen LogP contribution in [0.2, 0.25) is 0 Å². The first-order valence-electron chi connectivity index (χ1n) is 9.73. The molecule has 166 valence electrons. The van der Waals surface area contributed by atoms with Gasteiger partial charge in [-0.3, -0.25) is 4.79 Å². The first-order valence-corrected chi connectivity index (χ1v) is 9.73. The Kier molecular flexibility index (Phi) is 10.9. The molecule has 0 bridgehead atoms. The number of hydrogen-bond acceptors (Lipinski definition) is 6. The fraction of sp³-hybridized carbons (Fsp3) is 0.500. The maximum absolute atomic E-state index is 12.0. The molecule has 0 saturated heterocycles. The zero-order valence-corrected chi connectivity index (χ0v) is 17.4. The van der Waals surface area contributed by atoms with Crippen LogP contribution in [0.4, 0.5) is 4.79 Å². The van der Waals surface area contributed by atoms with Gasteiger partial charge in [0.25, 0.3) is 0 Å². The molecule has 1 aromatic carbocycles. The van der Waals surface area contributed by atoms with Crippen molar-refractivity contribution in [3.63, 3.8) is 0 Å². The van der Waals surface area contributed by atoms with Crippen molar-refractivity contribution in [3.05, 3.63) is 29.8 Å². The third kappa shape index (κ3) is 9.87. The number of carboxylic acids is 1. The molecule has 10 heteroatoms. The molecule has 1 atom stereocenters. The molecular weight excluding hydrogens is 392 g/mol. The van der Waals surface area contributed by atoms with Gasteiger partial charge in [-0.1, -0.05) is 38.3 Å². The number of guanidine groups is 1.